The molecule has 24 heavy (non-hydrogen) atoms. The van der Waals surface area contributed by atoms with Gasteiger partial charge in [-0.05, 0) is 33.6 Å². The lowest BCUT2D eigenvalue weighted by Crippen LogP contribution is -2.24. The number of rotatable bonds is 7. The molecular weight excluding hydrogens is 310 g/mol. The first-order valence-corrected chi connectivity index (χ1v) is 8.08. The molecule has 0 aliphatic carbocycles. The van der Waals surface area contributed by atoms with Gasteiger partial charge in [-0.3, -0.25) is 4.79 Å². The number of ether oxygens (including phenoxy) is 2. The van der Waals surface area contributed by atoms with Crippen molar-refractivity contribution < 1.29 is 14.3 Å². The third-order valence-corrected chi connectivity index (χ3v) is 3.15. The molecule has 8 nitrogen and oxygen atoms in total. The quantitative estimate of drug-likeness (QED) is 0.776. The molecule has 0 saturated carbocycles. The Morgan fingerprint density at radius 1 is 1.33 bits per heavy atom. The van der Waals surface area contributed by atoms with E-state index in [1.165, 1.54) is 7.11 Å². The SMILES string of the molecule is CCCNc1nc(OC)nc2c(CCC(=O)OC(C)(C)C)cnn12. The zero-order valence-corrected chi connectivity index (χ0v) is 14.9. The highest BCUT2D eigenvalue weighted by molar-refractivity contribution is 5.70. The van der Waals surface area contributed by atoms with Gasteiger partial charge < -0.3 is 14.8 Å². The molecule has 0 amide bonds. The summed E-state index contributed by atoms with van der Waals surface area (Å²) in [7, 11) is 1.52. The van der Waals surface area contributed by atoms with Crippen molar-refractivity contribution in [2.75, 3.05) is 19.0 Å². The van der Waals surface area contributed by atoms with E-state index in [-0.39, 0.29) is 18.4 Å². The standard InChI is InChI=1S/C16H25N5O3/c1-6-9-17-14-20-15(23-5)19-13-11(10-18-21(13)14)7-8-12(22)24-16(2,3)4/h10H,6-9H2,1-5H3,(H,17,19,20). The maximum absolute atomic E-state index is 11.9. The maximum Gasteiger partial charge on any atom is 0.321 e. The predicted octanol–water partition coefficient (Wildman–Crippen LogP) is 2.23. The van der Waals surface area contributed by atoms with Gasteiger partial charge in [0.05, 0.1) is 13.3 Å². The van der Waals surface area contributed by atoms with Crippen LogP contribution in [-0.2, 0) is 16.0 Å². The fraction of sp³-hybridized carbons (Fsp3) is 0.625. The van der Waals surface area contributed by atoms with Crippen LogP contribution >= 0.6 is 0 Å². The third kappa shape index (κ3) is 4.56. The molecule has 2 rings (SSSR count). The van der Waals surface area contributed by atoms with Crippen molar-refractivity contribution >= 4 is 17.6 Å². The van der Waals surface area contributed by atoms with Crippen molar-refractivity contribution in [1.29, 1.82) is 0 Å². The van der Waals surface area contributed by atoms with Gasteiger partial charge in [-0.15, -0.1) is 0 Å². The first-order valence-electron chi connectivity index (χ1n) is 8.08. The Morgan fingerprint density at radius 3 is 2.71 bits per heavy atom. The van der Waals surface area contributed by atoms with Crippen LogP contribution in [0.4, 0.5) is 5.95 Å². The van der Waals surface area contributed by atoms with Crippen molar-refractivity contribution in [2.24, 2.45) is 0 Å². The predicted molar refractivity (Wildman–Crippen MR) is 90.3 cm³/mol. The number of methoxy groups -OCH3 is 1. The van der Waals surface area contributed by atoms with Gasteiger partial charge in [0.2, 0.25) is 5.95 Å². The fourth-order valence-corrected chi connectivity index (χ4v) is 2.15. The van der Waals surface area contributed by atoms with E-state index in [1.54, 1.807) is 10.7 Å². The molecule has 2 aromatic heterocycles. The van der Waals surface area contributed by atoms with Crippen molar-refractivity contribution in [3.8, 4) is 6.01 Å². The Hall–Kier alpha value is -2.38. The number of nitrogens with zero attached hydrogens (tertiary/aromatic N) is 4. The minimum absolute atomic E-state index is 0.243. The molecule has 0 aliphatic heterocycles. The molecule has 2 aromatic rings. The van der Waals surface area contributed by atoms with E-state index in [0.717, 1.165) is 18.5 Å². The lowest BCUT2D eigenvalue weighted by atomic mass is 10.1. The van der Waals surface area contributed by atoms with Crippen LogP contribution < -0.4 is 10.1 Å². The van der Waals surface area contributed by atoms with Crippen LogP contribution in [0.15, 0.2) is 6.20 Å². The van der Waals surface area contributed by atoms with Crippen LogP contribution in [0, 0.1) is 0 Å². The average molecular weight is 335 g/mol. The third-order valence-electron chi connectivity index (χ3n) is 3.15. The largest absolute Gasteiger partial charge is 0.467 e. The first kappa shape index (κ1) is 18.0. The average Bonchev–Trinajstić information content (AvgIpc) is 2.91. The number of esters is 1. The monoisotopic (exact) mass is 335 g/mol. The summed E-state index contributed by atoms with van der Waals surface area (Å²) in [5.41, 5.74) is 0.992. The summed E-state index contributed by atoms with van der Waals surface area (Å²) in [6, 6.07) is 0.264. The molecule has 0 radical (unpaired) electrons. The minimum atomic E-state index is -0.485. The summed E-state index contributed by atoms with van der Waals surface area (Å²) in [6.45, 7) is 8.39. The van der Waals surface area contributed by atoms with Crippen LogP contribution in [0.2, 0.25) is 0 Å². The van der Waals surface area contributed by atoms with Gasteiger partial charge in [0.1, 0.15) is 5.60 Å². The molecule has 0 spiro atoms. The molecule has 0 aliphatic rings. The van der Waals surface area contributed by atoms with Crippen molar-refractivity contribution in [3.05, 3.63) is 11.8 Å². The van der Waals surface area contributed by atoms with Crippen LogP contribution in [-0.4, -0.2) is 44.8 Å². The molecule has 0 saturated heterocycles. The summed E-state index contributed by atoms with van der Waals surface area (Å²) >= 11 is 0. The topological polar surface area (TPSA) is 90.6 Å². The number of aryl methyl sites for hydroxylation is 1. The van der Waals surface area contributed by atoms with Gasteiger partial charge in [0, 0.05) is 18.5 Å². The van der Waals surface area contributed by atoms with Gasteiger partial charge in [0.25, 0.3) is 0 Å². The highest BCUT2D eigenvalue weighted by Gasteiger charge is 2.18. The van der Waals surface area contributed by atoms with E-state index in [4.69, 9.17) is 9.47 Å². The summed E-state index contributed by atoms with van der Waals surface area (Å²) < 4.78 is 12.1. The van der Waals surface area contributed by atoms with Crippen molar-refractivity contribution in [3.63, 3.8) is 0 Å². The van der Waals surface area contributed by atoms with Crippen molar-refractivity contribution in [2.45, 2.75) is 52.6 Å². The van der Waals surface area contributed by atoms with Gasteiger partial charge in [0.15, 0.2) is 5.65 Å². The van der Waals surface area contributed by atoms with Crippen molar-refractivity contribution in [1.82, 2.24) is 19.6 Å². The fourth-order valence-electron chi connectivity index (χ4n) is 2.15. The van der Waals surface area contributed by atoms with Crippen LogP contribution in [0.5, 0.6) is 6.01 Å². The molecule has 132 valence electrons. The molecule has 0 fully saturated rings. The highest BCUT2D eigenvalue weighted by atomic mass is 16.6. The smallest absolute Gasteiger partial charge is 0.321 e. The highest BCUT2D eigenvalue weighted by Crippen LogP contribution is 2.18. The van der Waals surface area contributed by atoms with Gasteiger partial charge in [-0.2, -0.15) is 19.6 Å². The Balaban J connectivity index is 2.20. The summed E-state index contributed by atoms with van der Waals surface area (Å²) in [5.74, 6) is 0.328. The lowest BCUT2D eigenvalue weighted by molar-refractivity contribution is -0.154. The van der Waals surface area contributed by atoms with Crippen LogP contribution in [0.25, 0.3) is 5.65 Å². The van der Waals surface area contributed by atoms with E-state index in [0.29, 0.717) is 18.0 Å². The second-order valence-corrected chi connectivity index (χ2v) is 6.45. The van der Waals surface area contributed by atoms with E-state index in [2.05, 4.69) is 27.3 Å². The Bertz CT molecular complexity index is 706. The van der Waals surface area contributed by atoms with Crippen LogP contribution in [0.1, 0.15) is 46.1 Å². The first-order chi connectivity index (χ1) is 11.3. The molecule has 0 unspecified atom stereocenters. The van der Waals surface area contributed by atoms with Crippen LogP contribution in [0.3, 0.4) is 0 Å². The zero-order valence-electron chi connectivity index (χ0n) is 14.9. The number of carbonyl (C=O) groups excluding carboxylic acids is 1. The van der Waals surface area contributed by atoms with Gasteiger partial charge in [-0.25, -0.2) is 0 Å². The Labute approximate surface area is 141 Å². The number of fused-ring (bicyclic) bond motifs is 1. The summed E-state index contributed by atoms with van der Waals surface area (Å²) in [4.78, 5) is 20.5. The molecule has 0 atom stereocenters. The molecule has 0 bridgehead atoms. The van der Waals surface area contributed by atoms with E-state index in [1.807, 2.05) is 20.8 Å². The number of hydrogen-bond acceptors (Lipinski definition) is 7. The molecular formula is C16H25N5O3. The maximum atomic E-state index is 11.9. The number of anilines is 1. The number of aromatic nitrogens is 4. The summed E-state index contributed by atoms with van der Waals surface area (Å²) in [5, 5.41) is 7.52. The molecule has 8 heteroatoms. The number of hydrogen-bond donors (Lipinski definition) is 1. The Morgan fingerprint density at radius 2 is 2.08 bits per heavy atom. The minimum Gasteiger partial charge on any atom is -0.467 e. The molecule has 2 heterocycles. The van der Waals surface area contributed by atoms with Gasteiger partial charge in [-0.1, -0.05) is 6.92 Å². The zero-order chi connectivity index (χ0) is 17.7. The van der Waals surface area contributed by atoms with E-state index >= 15 is 0 Å². The second kappa shape index (κ2) is 7.46. The van der Waals surface area contributed by atoms with E-state index < -0.39 is 5.60 Å². The van der Waals surface area contributed by atoms with E-state index in [9.17, 15) is 4.79 Å². The second-order valence-electron chi connectivity index (χ2n) is 6.45. The number of nitrogens with one attached hydrogen (secondary N) is 1. The summed E-state index contributed by atoms with van der Waals surface area (Å²) in [6.07, 6.45) is 3.42. The van der Waals surface area contributed by atoms with Gasteiger partial charge >= 0.3 is 12.0 Å². The Kier molecular flexibility index (Phi) is 5.58. The molecule has 1 N–H and O–H groups in total. The number of carbonyl (C=O) groups is 1. The normalized spacial score (nSPS) is 11.5. The lowest BCUT2D eigenvalue weighted by Gasteiger charge is -2.19. The molecule has 0 aromatic carbocycles.